The molecule has 4 nitrogen and oxygen atoms in total. The Kier molecular flexibility index (Phi) is 4.95. The summed E-state index contributed by atoms with van der Waals surface area (Å²) >= 11 is 5.96. The van der Waals surface area contributed by atoms with E-state index in [0.717, 1.165) is 24.5 Å². The van der Waals surface area contributed by atoms with E-state index in [1.807, 2.05) is 36.4 Å². The molecule has 1 fully saturated rings. The van der Waals surface area contributed by atoms with Crippen molar-refractivity contribution in [1.29, 1.82) is 0 Å². The number of nitrogens with zero attached hydrogens (tertiary/aromatic N) is 1. The predicted molar refractivity (Wildman–Crippen MR) is 95.4 cm³/mol. The van der Waals surface area contributed by atoms with Gasteiger partial charge in [0.15, 0.2) is 0 Å². The first kappa shape index (κ1) is 16.7. The molecule has 24 heavy (non-hydrogen) atoms. The third-order valence-corrected chi connectivity index (χ3v) is 4.73. The second-order valence-electron chi connectivity index (χ2n) is 5.86. The lowest BCUT2D eigenvalue weighted by molar-refractivity contribution is 0.0597. The maximum Gasteiger partial charge on any atom is 0.341 e. The summed E-state index contributed by atoms with van der Waals surface area (Å²) in [5.74, 6) is 0.582. The lowest BCUT2D eigenvalue weighted by Crippen LogP contribution is -2.19. The molecule has 0 saturated carbocycles. The first-order valence-electron chi connectivity index (χ1n) is 7.89. The fourth-order valence-corrected chi connectivity index (χ4v) is 3.29. The third kappa shape index (κ3) is 3.34. The standard InChI is InChI=1S/C19H20ClNO3/c1-23-18-11-13(3-8-17(18)19(22)24-2)14-9-10-21(12-14)16-6-4-15(20)5-7-16/h3-8,11,14H,9-10,12H2,1-2H3. The highest BCUT2D eigenvalue weighted by molar-refractivity contribution is 6.30. The van der Waals surface area contributed by atoms with Gasteiger partial charge in [-0.15, -0.1) is 0 Å². The minimum Gasteiger partial charge on any atom is -0.496 e. The van der Waals surface area contributed by atoms with Gasteiger partial charge in [0, 0.05) is 29.7 Å². The molecular formula is C19H20ClNO3. The topological polar surface area (TPSA) is 38.8 Å². The summed E-state index contributed by atoms with van der Waals surface area (Å²) in [7, 11) is 2.94. The molecule has 0 radical (unpaired) electrons. The van der Waals surface area contributed by atoms with Crippen molar-refractivity contribution < 1.29 is 14.3 Å². The molecule has 1 aliphatic rings. The van der Waals surface area contributed by atoms with Gasteiger partial charge in [0.1, 0.15) is 11.3 Å². The first-order valence-corrected chi connectivity index (χ1v) is 8.27. The number of carbonyl (C=O) groups is 1. The fraction of sp³-hybridized carbons (Fsp3) is 0.316. The van der Waals surface area contributed by atoms with Crippen molar-refractivity contribution in [2.45, 2.75) is 12.3 Å². The number of esters is 1. The monoisotopic (exact) mass is 345 g/mol. The van der Waals surface area contributed by atoms with Gasteiger partial charge in [-0.05, 0) is 48.4 Å². The molecule has 0 amide bonds. The average Bonchev–Trinajstić information content (AvgIpc) is 3.11. The van der Waals surface area contributed by atoms with Crippen molar-refractivity contribution in [2.75, 3.05) is 32.2 Å². The highest BCUT2D eigenvalue weighted by atomic mass is 35.5. The number of carbonyl (C=O) groups excluding carboxylic acids is 1. The normalized spacial score (nSPS) is 17.0. The van der Waals surface area contributed by atoms with Gasteiger partial charge in [0.2, 0.25) is 0 Å². The zero-order chi connectivity index (χ0) is 17.1. The summed E-state index contributed by atoms with van der Waals surface area (Å²) in [6.45, 7) is 1.93. The smallest absolute Gasteiger partial charge is 0.341 e. The fourth-order valence-electron chi connectivity index (χ4n) is 3.16. The van der Waals surface area contributed by atoms with Crippen LogP contribution in [0.3, 0.4) is 0 Å². The van der Waals surface area contributed by atoms with E-state index < -0.39 is 0 Å². The van der Waals surface area contributed by atoms with Crippen molar-refractivity contribution in [3.8, 4) is 5.75 Å². The Morgan fingerprint density at radius 3 is 2.58 bits per heavy atom. The Morgan fingerprint density at radius 2 is 1.92 bits per heavy atom. The third-order valence-electron chi connectivity index (χ3n) is 4.48. The number of ether oxygens (including phenoxy) is 2. The summed E-state index contributed by atoms with van der Waals surface area (Å²) in [4.78, 5) is 14.1. The van der Waals surface area contributed by atoms with E-state index in [4.69, 9.17) is 21.1 Å². The number of halogens is 1. The van der Waals surface area contributed by atoms with Crippen molar-refractivity contribution in [3.05, 3.63) is 58.6 Å². The molecule has 5 heteroatoms. The lowest BCUT2D eigenvalue weighted by atomic mass is 9.96. The van der Waals surface area contributed by atoms with E-state index in [1.165, 1.54) is 18.4 Å². The van der Waals surface area contributed by atoms with Crippen LogP contribution in [0.4, 0.5) is 5.69 Å². The van der Waals surface area contributed by atoms with Gasteiger partial charge in [-0.25, -0.2) is 4.79 Å². The zero-order valence-electron chi connectivity index (χ0n) is 13.8. The number of hydrogen-bond donors (Lipinski definition) is 0. The van der Waals surface area contributed by atoms with Gasteiger partial charge in [-0.3, -0.25) is 0 Å². The summed E-state index contributed by atoms with van der Waals surface area (Å²) in [6.07, 6.45) is 1.06. The van der Waals surface area contributed by atoms with Crippen LogP contribution in [0.15, 0.2) is 42.5 Å². The number of anilines is 1. The predicted octanol–water partition coefficient (Wildman–Crippen LogP) is 4.13. The maximum absolute atomic E-state index is 11.8. The molecule has 1 heterocycles. The van der Waals surface area contributed by atoms with Gasteiger partial charge in [-0.2, -0.15) is 0 Å². The van der Waals surface area contributed by atoms with Crippen LogP contribution in [0.2, 0.25) is 5.02 Å². The molecule has 0 bridgehead atoms. The first-order chi connectivity index (χ1) is 11.6. The molecule has 0 aliphatic carbocycles. The van der Waals surface area contributed by atoms with Crippen LogP contribution < -0.4 is 9.64 Å². The summed E-state index contributed by atoms with van der Waals surface area (Å²) in [5.41, 5.74) is 2.81. The van der Waals surface area contributed by atoms with Crippen LogP contribution in [0, 0.1) is 0 Å². The zero-order valence-corrected chi connectivity index (χ0v) is 14.5. The van der Waals surface area contributed by atoms with Gasteiger partial charge >= 0.3 is 5.97 Å². The van der Waals surface area contributed by atoms with Crippen LogP contribution in [0.25, 0.3) is 0 Å². The van der Waals surface area contributed by atoms with Crippen LogP contribution in [-0.2, 0) is 4.74 Å². The second-order valence-corrected chi connectivity index (χ2v) is 6.30. The van der Waals surface area contributed by atoms with Gasteiger partial charge in [-0.1, -0.05) is 17.7 Å². The number of rotatable bonds is 4. The molecule has 0 spiro atoms. The van der Waals surface area contributed by atoms with Crippen LogP contribution in [0.5, 0.6) is 5.75 Å². The van der Waals surface area contributed by atoms with Gasteiger partial charge in [0.25, 0.3) is 0 Å². The Hall–Kier alpha value is -2.20. The summed E-state index contributed by atoms with van der Waals surface area (Å²) < 4.78 is 10.2. The van der Waals surface area contributed by atoms with Crippen LogP contribution in [-0.4, -0.2) is 33.3 Å². The van der Waals surface area contributed by atoms with Crippen molar-refractivity contribution in [1.82, 2.24) is 0 Å². The van der Waals surface area contributed by atoms with E-state index in [9.17, 15) is 4.79 Å². The van der Waals surface area contributed by atoms with E-state index in [-0.39, 0.29) is 5.97 Å². The second kappa shape index (κ2) is 7.14. The minimum atomic E-state index is -0.382. The largest absolute Gasteiger partial charge is 0.496 e. The molecule has 2 aromatic rings. The molecule has 1 atom stereocenters. The molecule has 126 valence electrons. The minimum absolute atomic E-state index is 0.382. The molecule has 3 rings (SSSR count). The Morgan fingerprint density at radius 1 is 1.17 bits per heavy atom. The molecule has 1 saturated heterocycles. The van der Waals surface area contributed by atoms with Gasteiger partial charge < -0.3 is 14.4 Å². The number of hydrogen-bond acceptors (Lipinski definition) is 4. The number of benzene rings is 2. The maximum atomic E-state index is 11.8. The van der Waals surface area contributed by atoms with E-state index in [2.05, 4.69) is 4.90 Å². The Balaban J connectivity index is 1.78. The highest BCUT2D eigenvalue weighted by Crippen LogP contribution is 2.33. The Labute approximate surface area is 146 Å². The Bertz CT molecular complexity index is 730. The average molecular weight is 346 g/mol. The molecule has 1 aliphatic heterocycles. The quantitative estimate of drug-likeness (QED) is 0.781. The van der Waals surface area contributed by atoms with E-state index in [0.29, 0.717) is 17.2 Å². The highest BCUT2D eigenvalue weighted by Gasteiger charge is 2.25. The lowest BCUT2D eigenvalue weighted by Gasteiger charge is -2.19. The number of methoxy groups -OCH3 is 2. The summed E-state index contributed by atoms with van der Waals surface area (Å²) in [6, 6.07) is 13.6. The molecular weight excluding hydrogens is 326 g/mol. The van der Waals surface area contributed by atoms with E-state index >= 15 is 0 Å². The molecule has 2 aromatic carbocycles. The van der Waals surface area contributed by atoms with E-state index in [1.54, 1.807) is 13.2 Å². The van der Waals surface area contributed by atoms with Crippen molar-refractivity contribution >= 4 is 23.3 Å². The van der Waals surface area contributed by atoms with Crippen molar-refractivity contribution in [2.24, 2.45) is 0 Å². The SMILES string of the molecule is COC(=O)c1ccc(C2CCN(c3ccc(Cl)cc3)C2)cc1OC. The molecule has 1 unspecified atom stereocenters. The van der Waals surface area contributed by atoms with Crippen LogP contribution in [0.1, 0.15) is 28.3 Å². The molecule has 0 aromatic heterocycles. The van der Waals surface area contributed by atoms with Gasteiger partial charge in [0.05, 0.1) is 14.2 Å². The summed E-state index contributed by atoms with van der Waals surface area (Å²) in [5, 5.41) is 0.748. The molecule has 0 N–H and O–H groups in total. The van der Waals surface area contributed by atoms with Crippen molar-refractivity contribution in [3.63, 3.8) is 0 Å². The van der Waals surface area contributed by atoms with Crippen LogP contribution >= 0.6 is 11.6 Å².